The molecule has 1 rings (SSSR count). The lowest BCUT2D eigenvalue weighted by atomic mass is 10.4. The van der Waals surface area contributed by atoms with Gasteiger partial charge in [-0.2, -0.15) is 0 Å². The van der Waals surface area contributed by atoms with Crippen LogP contribution in [0.2, 0.25) is 0 Å². The van der Waals surface area contributed by atoms with E-state index in [-0.39, 0.29) is 11.4 Å². The van der Waals surface area contributed by atoms with Gasteiger partial charge in [0.25, 0.3) is 0 Å². The molecule has 0 aliphatic rings. The lowest BCUT2D eigenvalue weighted by Crippen LogP contribution is -2.10. The first-order valence-electron chi connectivity index (χ1n) is 4.00. The Labute approximate surface area is 92.0 Å². The van der Waals surface area contributed by atoms with E-state index in [2.05, 4.69) is 4.74 Å². The number of carbonyl (C=O) groups is 1. The average Bonchev–Trinajstić information content (AvgIpc) is 2.45. The van der Waals surface area contributed by atoms with E-state index in [9.17, 15) is 13.2 Å². The number of aromatic nitrogens is 1. The number of methoxy groups -OCH3 is 1. The zero-order valence-electron chi connectivity index (χ0n) is 8.23. The van der Waals surface area contributed by atoms with Crippen molar-refractivity contribution in [1.82, 2.24) is 4.57 Å². The number of carbonyl (C=O) groups excluding carboxylic acids is 1. The molecule has 84 valence electrons. The van der Waals surface area contributed by atoms with Crippen molar-refractivity contribution < 1.29 is 17.9 Å². The van der Waals surface area contributed by atoms with Crippen LogP contribution >= 0.6 is 10.7 Å². The molecular weight excluding hydrogens is 242 g/mol. The van der Waals surface area contributed by atoms with E-state index in [0.29, 0.717) is 5.69 Å². The van der Waals surface area contributed by atoms with Crippen LogP contribution in [0.5, 0.6) is 0 Å². The van der Waals surface area contributed by atoms with E-state index in [0.717, 1.165) is 0 Å². The van der Waals surface area contributed by atoms with Crippen molar-refractivity contribution in [3.8, 4) is 0 Å². The minimum atomic E-state index is -3.62. The Morgan fingerprint density at radius 3 is 2.60 bits per heavy atom. The molecule has 1 aromatic rings. The third-order valence-electron chi connectivity index (χ3n) is 1.94. The van der Waals surface area contributed by atoms with Crippen molar-refractivity contribution in [1.29, 1.82) is 0 Å². The van der Waals surface area contributed by atoms with Gasteiger partial charge in [0.05, 0.1) is 7.11 Å². The molecule has 0 aliphatic carbocycles. The second-order valence-corrected chi connectivity index (χ2v) is 5.72. The number of hydrogen-bond acceptors (Lipinski definition) is 4. The summed E-state index contributed by atoms with van der Waals surface area (Å²) >= 11 is 0. The third-order valence-corrected chi connectivity index (χ3v) is 2.91. The summed E-state index contributed by atoms with van der Waals surface area (Å²) in [5.41, 5.74) is 0.721. The van der Waals surface area contributed by atoms with Gasteiger partial charge in [0.2, 0.25) is 9.05 Å². The van der Waals surface area contributed by atoms with Crippen LogP contribution in [0.15, 0.2) is 12.1 Å². The highest BCUT2D eigenvalue weighted by Crippen LogP contribution is 2.13. The molecule has 0 aliphatic heterocycles. The summed E-state index contributed by atoms with van der Waals surface area (Å²) in [6.07, 6.45) is 0. The van der Waals surface area contributed by atoms with Crippen LogP contribution in [-0.2, 0) is 26.6 Å². The molecule has 1 heterocycles. The standard InChI is InChI=1S/C8H10ClNO4S/c1-10-6(5-15(9,12)13)3-4-7(10)8(11)14-2/h3-4H,5H2,1-2H3. The molecule has 0 radical (unpaired) electrons. The monoisotopic (exact) mass is 251 g/mol. The Balaban J connectivity index is 3.05. The highest BCUT2D eigenvalue weighted by Gasteiger charge is 2.16. The Bertz CT molecular complexity index is 477. The van der Waals surface area contributed by atoms with Gasteiger partial charge >= 0.3 is 5.97 Å². The fraction of sp³-hybridized carbons (Fsp3) is 0.375. The molecule has 0 saturated heterocycles. The summed E-state index contributed by atoms with van der Waals surface area (Å²) in [6, 6.07) is 3.01. The summed E-state index contributed by atoms with van der Waals surface area (Å²) in [5.74, 6) is -0.835. The Morgan fingerprint density at radius 1 is 1.53 bits per heavy atom. The van der Waals surface area contributed by atoms with Crippen LogP contribution in [0, 0.1) is 0 Å². The van der Waals surface area contributed by atoms with E-state index < -0.39 is 15.0 Å². The first kappa shape index (κ1) is 12.1. The van der Waals surface area contributed by atoms with Gasteiger partial charge in [-0.15, -0.1) is 0 Å². The Kier molecular flexibility index (Phi) is 3.41. The van der Waals surface area contributed by atoms with Crippen molar-refractivity contribution in [3.05, 3.63) is 23.5 Å². The predicted octanol–water partition coefficient (Wildman–Crippen LogP) is 0.880. The molecule has 0 saturated carbocycles. The van der Waals surface area contributed by atoms with Crippen molar-refractivity contribution in [2.45, 2.75) is 5.75 Å². The molecule has 0 spiro atoms. The maximum absolute atomic E-state index is 11.2. The van der Waals surface area contributed by atoms with Gasteiger partial charge in [-0.3, -0.25) is 0 Å². The molecule has 0 atom stereocenters. The number of ether oxygens (including phenoxy) is 1. The SMILES string of the molecule is COC(=O)c1ccc(CS(=O)(=O)Cl)n1C. The topological polar surface area (TPSA) is 65.4 Å². The molecule has 7 heteroatoms. The molecular formula is C8H10ClNO4S. The zero-order chi connectivity index (χ0) is 11.6. The molecule has 5 nitrogen and oxygen atoms in total. The van der Waals surface area contributed by atoms with E-state index in [1.165, 1.54) is 23.8 Å². The highest BCUT2D eigenvalue weighted by atomic mass is 35.7. The number of nitrogens with zero attached hydrogens (tertiary/aromatic N) is 1. The maximum atomic E-state index is 11.2. The van der Waals surface area contributed by atoms with Gasteiger partial charge in [-0.1, -0.05) is 0 Å². The van der Waals surface area contributed by atoms with E-state index in [1.54, 1.807) is 7.05 Å². The molecule has 1 aromatic heterocycles. The lowest BCUT2D eigenvalue weighted by Gasteiger charge is -2.04. The minimum absolute atomic E-state index is 0.285. The summed E-state index contributed by atoms with van der Waals surface area (Å²) in [4.78, 5) is 11.2. The summed E-state index contributed by atoms with van der Waals surface area (Å²) < 4.78 is 27.6. The van der Waals surface area contributed by atoms with Crippen LogP contribution < -0.4 is 0 Å². The molecule has 0 amide bonds. The molecule has 0 fully saturated rings. The van der Waals surface area contributed by atoms with Gasteiger partial charge in [-0.05, 0) is 12.1 Å². The molecule has 0 N–H and O–H groups in total. The van der Waals surface area contributed by atoms with Gasteiger partial charge in [0.15, 0.2) is 0 Å². The smallest absolute Gasteiger partial charge is 0.354 e. The second kappa shape index (κ2) is 4.24. The summed E-state index contributed by atoms with van der Waals surface area (Å²) in [7, 11) is 4.32. The van der Waals surface area contributed by atoms with Crippen LogP contribution in [0.4, 0.5) is 0 Å². The Hall–Kier alpha value is -1.01. The van der Waals surface area contributed by atoms with Crippen LogP contribution in [0.1, 0.15) is 16.2 Å². The van der Waals surface area contributed by atoms with Crippen molar-refractivity contribution in [2.75, 3.05) is 7.11 Å². The van der Waals surface area contributed by atoms with Crippen molar-refractivity contribution in [3.63, 3.8) is 0 Å². The maximum Gasteiger partial charge on any atom is 0.354 e. The van der Waals surface area contributed by atoms with E-state index in [4.69, 9.17) is 10.7 Å². The Morgan fingerprint density at radius 2 is 2.13 bits per heavy atom. The highest BCUT2D eigenvalue weighted by molar-refractivity contribution is 8.13. The number of esters is 1. The zero-order valence-corrected chi connectivity index (χ0v) is 9.80. The van der Waals surface area contributed by atoms with Crippen molar-refractivity contribution >= 4 is 25.7 Å². The first-order valence-corrected chi connectivity index (χ1v) is 6.48. The van der Waals surface area contributed by atoms with Crippen molar-refractivity contribution in [2.24, 2.45) is 7.05 Å². The van der Waals surface area contributed by atoms with Crippen LogP contribution in [0.25, 0.3) is 0 Å². The fourth-order valence-corrected chi connectivity index (χ4v) is 2.16. The normalized spacial score (nSPS) is 11.4. The second-order valence-electron chi connectivity index (χ2n) is 2.94. The fourth-order valence-electron chi connectivity index (χ4n) is 1.18. The molecule has 0 bridgehead atoms. The van der Waals surface area contributed by atoms with Gasteiger partial charge < -0.3 is 9.30 Å². The number of hydrogen-bond donors (Lipinski definition) is 0. The summed E-state index contributed by atoms with van der Waals surface area (Å²) in [6.45, 7) is 0. The number of rotatable bonds is 3. The van der Waals surface area contributed by atoms with Gasteiger partial charge in [-0.25, -0.2) is 13.2 Å². The van der Waals surface area contributed by atoms with Gasteiger partial charge in [0, 0.05) is 23.4 Å². The van der Waals surface area contributed by atoms with Gasteiger partial charge in [0.1, 0.15) is 11.4 Å². The van der Waals surface area contributed by atoms with E-state index >= 15 is 0 Å². The quantitative estimate of drug-likeness (QED) is 0.591. The molecule has 0 aromatic carbocycles. The first-order chi connectivity index (χ1) is 6.85. The lowest BCUT2D eigenvalue weighted by molar-refractivity contribution is 0.0589. The van der Waals surface area contributed by atoms with E-state index in [1.807, 2.05) is 0 Å². The summed E-state index contributed by atoms with van der Waals surface area (Å²) in [5, 5.41) is 0. The minimum Gasteiger partial charge on any atom is -0.464 e. The van der Waals surface area contributed by atoms with Crippen LogP contribution in [0.3, 0.4) is 0 Å². The average molecular weight is 252 g/mol. The largest absolute Gasteiger partial charge is 0.464 e. The third kappa shape index (κ3) is 2.97. The number of halogens is 1. The van der Waals surface area contributed by atoms with Crippen LogP contribution in [-0.4, -0.2) is 26.1 Å². The molecule has 0 unspecified atom stereocenters. The predicted molar refractivity (Wildman–Crippen MR) is 55.2 cm³/mol. The molecule has 15 heavy (non-hydrogen) atoms.